The molecule has 1 fully saturated rings. The van der Waals surface area contributed by atoms with Crippen LogP contribution < -0.4 is 10.1 Å². The molecule has 1 aliphatic heterocycles. The molecule has 0 aromatic heterocycles. The van der Waals surface area contributed by atoms with Crippen molar-refractivity contribution >= 4 is 0 Å². The quantitative estimate of drug-likeness (QED) is 0.743. The first kappa shape index (κ1) is 16.3. The standard InChI is InChI=1S/C17H28N2O2/c1-15(14-19-10-12-21-13-11-19)18-9-3-4-16-5-7-17(20-2)8-6-16/h5-8,15,18H,3-4,9-14H2,1-2H3. The van der Waals surface area contributed by atoms with E-state index >= 15 is 0 Å². The average Bonchev–Trinajstić information content (AvgIpc) is 2.53. The van der Waals surface area contributed by atoms with Crippen molar-refractivity contribution in [2.24, 2.45) is 0 Å². The van der Waals surface area contributed by atoms with Gasteiger partial charge in [0, 0.05) is 25.7 Å². The topological polar surface area (TPSA) is 33.7 Å². The molecule has 1 heterocycles. The van der Waals surface area contributed by atoms with Gasteiger partial charge >= 0.3 is 0 Å². The van der Waals surface area contributed by atoms with Crippen LogP contribution >= 0.6 is 0 Å². The van der Waals surface area contributed by atoms with Gasteiger partial charge in [0.2, 0.25) is 0 Å². The molecule has 2 rings (SSSR count). The van der Waals surface area contributed by atoms with Crippen LogP contribution in [0.25, 0.3) is 0 Å². The Morgan fingerprint density at radius 1 is 1.24 bits per heavy atom. The summed E-state index contributed by atoms with van der Waals surface area (Å²) in [7, 11) is 1.70. The molecule has 1 N–H and O–H groups in total. The predicted octanol–water partition coefficient (Wildman–Crippen LogP) is 1.94. The summed E-state index contributed by atoms with van der Waals surface area (Å²) >= 11 is 0. The predicted molar refractivity (Wildman–Crippen MR) is 86.0 cm³/mol. The first-order chi connectivity index (χ1) is 10.3. The molecule has 1 aromatic carbocycles. The van der Waals surface area contributed by atoms with Crippen LogP contribution in [0.2, 0.25) is 0 Å². The maximum absolute atomic E-state index is 5.37. The van der Waals surface area contributed by atoms with Gasteiger partial charge in [-0.25, -0.2) is 0 Å². The fraction of sp³-hybridized carbons (Fsp3) is 0.647. The molecule has 0 amide bonds. The molecule has 0 bridgehead atoms. The van der Waals surface area contributed by atoms with E-state index in [1.807, 2.05) is 12.1 Å². The number of morpholine rings is 1. The minimum atomic E-state index is 0.541. The summed E-state index contributed by atoms with van der Waals surface area (Å²) in [5.74, 6) is 0.927. The van der Waals surface area contributed by atoms with Gasteiger partial charge in [-0.1, -0.05) is 12.1 Å². The molecular weight excluding hydrogens is 264 g/mol. The lowest BCUT2D eigenvalue weighted by Gasteiger charge is -2.29. The molecule has 4 heteroatoms. The molecule has 0 saturated carbocycles. The zero-order valence-electron chi connectivity index (χ0n) is 13.3. The Bertz CT molecular complexity index is 388. The summed E-state index contributed by atoms with van der Waals surface area (Å²) in [6.07, 6.45) is 2.28. The highest BCUT2D eigenvalue weighted by Crippen LogP contribution is 2.12. The molecule has 0 radical (unpaired) electrons. The Morgan fingerprint density at radius 3 is 2.62 bits per heavy atom. The zero-order chi connectivity index (χ0) is 14.9. The molecule has 118 valence electrons. The minimum Gasteiger partial charge on any atom is -0.497 e. The first-order valence-electron chi connectivity index (χ1n) is 7.94. The van der Waals surface area contributed by atoms with E-state index < -0.39 is 0 Å². The lowest BCUT2D eigenvalue weighted by molar-refractivity contribution is 0.0344. The van der Waals surface area contributed by atoms with Crippen molar-refractivity contribution in [1.82, 2.24) is 10.2 Å². The Balaban J connectivity index is 1.57. The van der Waals surface area contributed by atoms with Gasteiger partial charge in [-0.3, -0.25) is 4.90 Å². The number of hydrogen-bond acceptors (Lipinski definition) is 4. The highest BCUT2D eigenvalue weighted by Gasteiger charge is 2.12. The highest BCUT2D eigenvalue weighted by atomic mass is 16.5. The Labute approximate surface area is 128 Å². The second-order valence-electron chi connectivity index (χ2n) is 5.72. The van der Waals surface area contributed by atoms with Gasteiger partial charge in [-0.05, 0) is 44.0 Å². The van der Waals surface area contributed by atoms with E-state index in [0.29, 0.717) is 6.04 Å². The number of methoxy groups -OCH3 is 1. The van der Waals surface area contributed by atoms with Crippen molar-refractivity contribution in [2.75, 3.05) is 46.5 Å². The number of nitrogens with zero attached hydrogens (tertiary/aromatic N) is 1. The van der Waals surface area contributed by atoms with Crippen LogP contribution in [-0.4, -0.2) is 57.4 Å². The van der Waals surface area contributed by atoms with E-state index in [2.05, 4.69) is 29.3 Å². The summed E-state index contributed by atoms with van der Waals surface area (Å²) in [6, 6.07) is 8.90. The van der Waals surface area contributed by atoms with Gasteiger partial charge in [0.05, 0.1) is 20.3 Å². The lowest BCUT2D eigenvalue weighted by Crippen LogP contribution is -2.44. The maximum Gasteiger partial charge on any atom is 0.118 e. The van der Waals surface area contributed by atoms with Crippen molar-refractivity contribution in [2.45, 2.75) is 25.8 Å². The number of benzene rings is 1. The molecule has 1 unspecified atom stereocenters. The SMILES string of the molecule is COc1ccc(CCCNC(C)CN2CCOCC2)cc1. The van der Waals surface area contributed by atoms with E-state index in [9.17, 15) is 0 Å². The molecule has 1 atom stereocenters. The lowest BCUT2D eigenvalue weighted by atomic mass is 10.1. The molecule has 1 aromatic rings. The van der Waals surface area contributed by atoms with Crippen LogP contribution in [0.15, 0.2) is 24.3 Å². The van der Waals surface area contributed by atoms with Gasteiger partial charge < -0.3 is 14.8 Å². The summed E-state index contributed by atoms with van der Waals surface area (Å²) in [5, 5.41) is 3.62. The summed E-state index contributed by atoms with van der Waals surface area (Å²) in [6.45, 7) is 8.34. The molecule has 1 saturated heterocycles. The first-order valence-corrected chi connectivity index (χ1v) is 7.94. The second-order valence-corrected chi connectivity index (χ2v) is 5.72. The summed E-state index contributed by atoms with van der Waals surface area (Å²) < 4.78 is 10.5. The fourth-order valence-corrected chi connectivity index (χ4v) is 2.67. The third-order valence-electron chi connectivity index (χ3n) is 3.93. The van der Waals surface area contributed by atoms with E-state index in [0.717, 1.165) is 51.6 Å². The van der Waals surface area contributed by atoms with Crippen LogP contribution in [0.5, 0.6) is 5.75 Å². The number of ether oxygens (including phenoxy) is 2. The van der Waals surface area contributed by atoms with E-state index in [1.165, 1.54) is 12.0 Å². The van der Waals surface area contributed by atoms with Crippen LogP contribution in [0, 0.1) is 0 Å². The number of rotatable bonds is 8. The fourth-order valence-electron chi connectivity index (χ4n) is 2.67. The van der Waals surface area contributed by atoms with Crippen LogP contribution in [0.1, 0.15) is 18.9 Å². The zero-order valence-corrected chi connectivity index (χ0v) is 13.3. The average molecular weight is 292 g/mol. The summed E-state index contributed by atoms with van der Waals surface area (Å²) in [4.78, 5) is 2.48. The van der Waals surface area contributed by atoms with Gasteiger partial charge in [0.25, 0.3) is 0 Å². The van der Waals surface area contributed by atoms with E-state index in [-0.39, 0.29) is 0 Å². The normalized spacial score (nSPS) is 17.6. The summed E-state index contributed by atoms with van der Waals surface area (Å²) in [5.41, 5.74) is 1.37. The van der Waals surface area contributed by atoms with Crippen LogP contribution in [0.4, 0.5) is 0 Å². The molecular formula is C17H28N2O2. The highest BCUT2D eigenvalue weighted by molar-refractivity contribution is 5.27. The Kier molecular flexibility index (Phi) is 7.00. The van der Waals surface area contributed by atoms with Crippen molar-refractivity contribution in [1.29, 1.82) is 0 Å². The molecule has 21 heavy (non-hydrogen) atoms. The molecule has 4 nitrogen and oxygen atoms in total. The molecule has 0 aliphatic carbocycles. The Morgan fingerprint density at radius 2 is 1.95 bits per heavy atom. The van der Waals surface area contributed by atoms with Gasteiger partial charge in [-0.2, -0.15) is 0 Å². The van der Waals surface area contributed by atoms with Crippen LogP contribution in [-0.2, 0) is 11.2 Å². The minimum absolute atomic E-state index is 0.541. The van der Waals surface area contributed by atoms with Gasteiger partial charge in [0.1, 0.15) is 5.75 Å². The number of nitrogens with one attached hydrogen (secondary N) is 1. The third kappa shape index (κ3) is 6.04. The smallest absolute Gasteiger partial charge is 0.118 e. The van der Waals surface area contributed by atoms with E-state index in [1.54, 1.807) is 7.11 Å². The maximum atomic E-state index is 5.37. The van der Waals surface area contributed by atoms with Crippen molar-refractivity contribution in [3.63, 3.8) is 0 Å². The van der Waals surface area contributed by atoms with Crippen molar-refractivity contribution < 1.29 is 9.47 Å². The van der Waals surface area contributed by atoms with E-state index in [4.69, 9.17) is 9.47 Å². The number of hydrogen-bond donors (Lipinski definition) is 1. The van der Waals surface area contributed by atoms with Gasteiger partial charge in [-0.15, -0.1) is 0 Å². The number of aryl methyl sites for hydroxylation is 1. The monoisotopic (exact) mass is 292 g/mol. The van der Waals surface area contributed by atoms with Crippen molar-refractivity contribution in [3.05, 3.63) is 29.8 Å². The second kappa shape index (κ2) is 9.03. The molecule has 1 aliphatic rings. The Hall–Kier alpha value is -1.10. The van der Waals surface area contributed by atoms with Crippen LogP contribution in [0.3, 0.4) is 0 Å². The van der Waals surface area contributed by atoms with Crippen molar-refractivity contribution in [3.8, 4) is 5.75 Å². The molecule has 0 spiro atoms. The largest absolute Gasteiger partial charge is 0.497 e. The van der Waals surface area contributed by atoms with Gasteiger partial charge in [0.15, 0.2) is 0 Å². The third-order valence-corrected chi connectivity index (χ3v) is 3.93.